The third-order valence-corrected chi connectivity index (χ3v) is 2.47. The summed E-state index contributed by atoms with van der Waals surface area (Å²) in [7, 11) is 1.81. The Morgan fingerprint density at radius 2 is 2.33 bits per heavy atom. The lowest BCUT2D eigenvalue weighted by molar-refractivity contribution is -0.142. The second kappa shape index (κ2) is 5.46. The Labute approximate surface area is 89.6 Å². The van der Waals surface area contributed by atoms with Crippen LogP contribution in [0.4, 0.5) is 0 Å². The molecule has 0 aromatic carbocycles. The van der Waals surface area contributed by atoms with Crippen molar-refractivity contribution < 1.29 is 9.90 Å². The van der Waals surface area contributed by atoms with Crippen LogP contribution >= 0.6 is 0 Å². The van der Waals surface area contributed by atoms with Gasteiger partial charge in [-0.05, 0) is 26.1 Å². The van der Waals surface area contributed by atoms with Gasteiger partial charge in [-0.1, -0.05) is 6.07 Å². The van der Waals surface area contributed by atoms with Gasteiger partial charge in [-0.15, -0.1) is 0 Å². The highest BCUT2D eigenvalue weighted by atomic mass is 16.4. The molecular formula is C11H16N2O2. The minimum absolute atomic E-state index is 0.450. The van der Waals surface area contributed by atoms with Crippen LogP contribution in [0.15, 0.2) is 24.4 Å². The Bertz CT molecular complexity index is 314. The van der Waals surface area contributed by atoms with Crippen molar-refractivity contribution in [2.45, 2.75) is 19.4 Å². The molecule has 1 unspecified atom stereocenters. The molecule has 0 spiro atoms. The molecule has 1 aromatic rings. The van der Waals surface area contributed by atoms with Crippen LogP contribution in [0.2, 0.25) is 0 Å². The van der Waals surface area contributed by atoms with E-state index >= 15 is 0 Å². The Hall–Kier alpha value is -1.42. The molecule has 1 heterocycles. The Balaban J connectivity index is 2.41. The number of rotatable bonds is 5. The maximum Gasteiger partial charge on any atom is 0.320 e. The summed E-state index contributed by atoms with van der Waals surface area (Å²) in [4.78, 5) is 16.7. The summed E-state index contributed by atoms with van der Waals surface area (Å²) in [6.07, 6.45) is 2.52. The van der Waals surface area contributed by atoms with Gasteiger partial charge >= 0.3 is 5.97 Å². The molecule has 1 aromatic heterocycles. The molecule has 0 saturated heterocycles. The zero-order valence-corrected chi connectivity index (χ0v) is 9.05. The predicted molar refractivity (Wildman–Crippen MR) is 57.7 cm³/mol. The van der Waals surface area contributed by atoms with Crippen LogP contribution in [0.1, 0.15) is 12.6 Å². The number of aromatic nitrogens is 1. The van der Waals surface area contributed by atoms with Crippen LogP contribution in [0.5, 0.6) is 0 Å². The molecule has 0 fully saturated rings. The summed E-state index contributed by atoms with van der Waals surface area (Å²) in [6, 6.07) is 5.30. The first kappa shape index (κ1) is 11.7. The molecule has 0 bridgehead atoms. The Morgan fingerprint density at radius 1 is 1.60 bits per heavy atom. The summed E-state index contributed by atoms with van der Waals surface area (Å²) in [6.45, 7) is 2.38. The quantitative estimate of drug-likeness (QED) is 0.785. The van der Waals surface area contributed by atoms with E-state index in [0.29, 0.717) is 6.54 Å². The number of carboxylic acid groups (broad SMARTS) is 1. The van der Waals surface area contributed by atoms with Gasteiger partial charge in [-0.25, -0.2) is 0 Å². The number of hydrogen-bond acceptors (Lipinski definition) is 3. The lowest BCUT2D eigenvalue weighted by atomic mass is 10.2. The maximum atomic E-state index is 10.7. The minimum Gasteiger partial charge on any atom is -0.480 e. The van der Waals surface area contributed by atoms with Crippen molar-refractivity contribution in [3.8, 4) is 0 Å². The summed E-state index contributed by atoms with van der Waals surface area (Å²) in [5.74, 6) is -0.793. The van der Waals surface area contributed by atoms with Gasteiger partial charge < -0.3 is 5.11 Å². The standard InChI is InChI=1S/C11H16N2O2/c1-9(11(14)15)13(2)8-6-10-5-3-4-7-12-10/h3-5,7,9H,6,8H2,1-2H3,(H,14,15). The molecule has 15 heavy (non-hydrogen) atoms. The van der Waals surface area contributed by atoms with E-state index in [9.17, 15) is 4.79 Å². The summed E-state index contributed by atoms with van der Waals surface area (Å²) >= 11 is 0. The van der Waals surface area contributed by atoms with Crippen molar-refractivity contribution in [2.75, 3.05) is 13.6 Å². The smallest absolute Gasteiger partial charge is 0.320 e. The number of aliphatic carboxylic acids is 1. The van der Waals surface area contributed by atoms with E-state index in [1.807, 2.05) is 25.2 Å². The third kappa shape index (κ3) is 3.67. The second-order valence-corrected chi connectivity index (χ2v) is 3.57. The van der Waals surface area contributed by atoms with E-state index in [1.54, 1.807) is 18.0 Å². The molecule has 0 amide bonds. The average Bonchev–Trinajstić information content (AvgIpc) is 2.26. The van der Waals surface area contributed by atoms with Crippen molar-refractivity contribution in [2.24, 2.45) is 0 Å². The number of pyridine rings is 1. The molecule has 82 valence electrons. The highest BCUT2D eigenvalue weighted by Crippen LogP contribution is 2.00. The molecule has 1 rings (SSSR count). The van der Waals surface area contributed by atoms with Gasteiger partial charge in [0.2, 0.25) is 0 Å². The van der Waals surface area contributed by atoms with E-state index in [4.69, 9.17) is 5.11 Å². The number of carbonyl (C=O) groups is 1. The van der Waals surface area contributed by atoms with Crippen molar-refractivity contribution in [1.82, 2.24) is 9.88 Å². The SMILES string of the molecule is CC(C(=O)O)N(C)CCc1ccccn1. The first-order valence-electron chi connectivity index (χ1n) is 4.94. The summed E-state index contributed by atoms with van der Waals surface area (Å²) < 4.78 is 0. The van der Waals surface area contributed by atoms with Gasteiger partial charge in [-0.2, -0.15) is 0 Å². The van der Waals surface area contributed by atoms with Gasteiger partial charge in [0, 0.05) is 24.9 Å². The number of nitrogens with zero attached hydrogens (tertiary/aromatic N) is 2. The summed E-state index contributed by atoms with van der Waals surface area (Å²) in [5.41, 5.74) is 0.988. The highest BCUT2D eigenvalue weighted by molar-refractivity contribution is 5.72. The summed E-state index contributed by atoms with van der Waals surface area (Å²) in [5, 5.41) is 8.79. The van der Waals surface area contributed by atoms with Gasteiger partial charge in [0.05, 0.1) is 0 Å². The lowest BCUT2D eigenvalue weighted by Crippen LogP contribution is -2.37. The number of hydrogen-bond donors (Lipinski definition) is 1. The van der Waals surface area contributed by atoms with Crippen LogP contribution in [-0.4, -0.2) is 40.6 Å². The molecule has 4 heteroatoms. The Kier molecular flexibility index (Phi) is 4.24. The predicted octanol–water partition coefficient (Wildman–Crippen LogP) is 1.03. The van der Waals surface area contributed by atoms with E-state index < -0.39 is 12.0 Å². The van der Waals surface area contributed by atoms with E-state index in [-0.39, 0.29) is 0 Å². The first-order chi connectivity index (χ1) is 7.11. The molecule has 0 aliphatic rings. The normalized spacial score (nSPS) is 12.7. The fourth-order valence-electron chi connectivity index (χ4n) is 1.22. The minimum atomic E-state index is -0.793. The fraction of sp³-hybridized carbons (Fsp3) is 0.455. The van der Waals surface area contributed by atoms with Crippen LogP contribution in [0, 0.1) is 0 Å². The van der Waals surface area contributed by atoms with Gasteiger partial charge in [0.1, 0.15) is 6.04 Å². The number of carboxylic acids is 1. The van der Waals surface area contributed by atoms with Gasteiger partial charge in [0.15, 0.2) is 0 Å². The van der Waals surface area contributed by atoms with Gasteiger partial charge in [-0.3, -0.25) is 14.7 Å². The molecular weight excluding hydrogens is 192 g/mol. The molecule has 1 N–H and O–H groups in total. The van der Waals surface area contributed by atoms with Crippen molar-refractivity contribution in [1.29, 1.82) is 0 Å². The second-order valence-electron chi connectivity index (χ2n) is 3.57. The Morgan fingerprint density at radius 3 is 2.87 bits per heavy atom. The lowest BCUT2D eigenvalue weighted by Gasteiger charge is -2.20. The largest absolute Gasteiger partial charge is 0.480 e. The van der Waals surface area contributed by atoms with Crippen LogP contribution in [-0.2, 0) is 11.2 Å². The topological polar surface area (TPSA) is 53.4 Å². The van der Waals surface area contributed by atoms with E-state index in [0.717, 1.165) is 12.1 Å². The van der Waals surface area contributed by atoms with Crippen molar-refractivity contribution >= 4 is 5.97 Å². The third-order valence-electron chi connectivity index (χ3n) is 2.47. The van der Waals surface area contributed by atoms with Crippen LogP contribution in [0.3, 0.4) is 0 Å². The fourth-order valence-corrected chi connectivity index (χ4v) is 1.22. The molecule has 0 radical (unpaired) electrons. The van der Waals surface area contributed by atoms with Gasteiger partial charge in [0.25, 0.3) is 0 Å². The average molecular weight is 208 g/mol. The molecule has 0 aliphatic heterocycles. The van der Waals surface area contributed by atoms with Crippen LogP contribution in [0.25, 0.3) is 0 Å². The zero-order chi connectivity index (χ0) is 11.3. The van der Waals surface area contributed by atoms with E-state index in [2.05, 4.69) is 4.98 Å². The zero-order valence-electron chi connectivity index (χ0n) is 9.05. The molecule has 1 atom stereocenters. The first-order valence-corrected chi connectivity index (χ1v) is 4.94. The monoisotopic (exact) mass is 208 g/mol. The van der Waals surface area contributed by atoms with Crippen LogP contribution < -0.4 is 0 Å². The molecule has 0 saturated carbocycles. The van der Waals surface area contributed by atoms with Crippen molar-refractivity contribution in [3.05, 3.63) is 30.1 Å². The molecule has 4 nitrogen and oxygen atoms in total. The molecule has 0 aliphatic carbocycles. The maximum absolute atomic E-state index is 10.7. The van der Waals surface area contributed by atoms with E-state index in [1.165, 1.54) is 0 Å². The van der Waals surface area contributed by atoms with Crippen molar-refractivity contribution in [3.63, 3.8) is 0 Å². The number of likely N-dealkylation sites (N-methyl/N-ethyl adjacent to an activating group) is 1. The highest BCUT2D eigenvalue weighted by Gasteiger charge is 2.15.